The van der Waals surface area contributed by atoms with E-state index < -0.39 is 0 Å². The number of amides is 2. The highest BCUT2D eigenvalue weighted by Crippen LogP contribution is 2.17. The van der Waals surface area contributed by atoms with Gasteiger partial charge in [0.1, 0.15) is 0 Å². The summed E-state index contributed by atoms with van der Waals surface area (Å²) in [7, 11) is 1.37. The van der Waals surface area contributed by atoms with Crippen molar-refractivity contribution in [1.82, 2.24) is 10.2 Å². The van der Waals surface area contributed by atoms with Gasteiger partial charge in [-0.2, -0.15) is 0 Å². The summed E-state index contributed by atoms with van der Waals surface area (Å²) in [6.45, 7) is 3.13. The smallest absolute Gasteiger partial charge is 0.317 e. The van der Waals surface area contributed by atoms with E-state index in [2.05, 4.69) is 10.1 Å². The van der Waals surface area contributed by atoms with Crippen LogP contribution in [-0.4, -0.2) is 43.1 Å². The molecular formula is C14H26N2O3. The molecule has 0 heterocycles. The van der Waals surface area contributed by atoms with Gasteiger partial charge in [-0.25, -0.2) is 4.79 Å². The zero-order chi connectivity index (χ0) is 14.1. The number of rotatable bonds is 6. The van der Waals surface area contributed by atoms with Gasteiger partial charge in [-0.05, 0) is 19.3 Å². The molecule has 0 aromatic rings. The predicted molar refractivity (Wildman–Crippen MR) is 73.9 cm³/mol. The van der Waals surface area contributed by atoms with Crippen LogP contribution < -0.4 is 5.32 Å². The third-order valence-corrected chi connectivity index (χ3v) is 3.53. The van der Waals surface area contributed by atoms with Crippen molar-refractivity contribution >= 4 is 12.0 Å². The number of carbonyl (C=O) groups is 2. The van der Waals surface area contributed by atoms with E-state index in [1.54, 1.807) is 4.90 Å². The molecule has 0 radical (unpaired) electrons. The van der Waals surface area contributed by atoms with Gasteiger partial charge >= 0.3 is 12.0 Å². The standard InChI is InChI=1S/C14H26N2O3/c1-3-10-16(11-9-13(17)19-2)14(18)15-12-7-5-4-6-8-12/h12H,3-11H2,1-2H3,(H,15,18). The molecular weight excluding hydrogens is 244 g/mol. The van der Waals surface area contributed by atoms with Crippen LogP contribution in [0.5, 0.6) is 0 Å². The first kappa shape index (κ1) is 15.8. The van der Waals surface area contributed by atoms with Crippen molar-refractivity contribution in [1.29, 1.82) is 0 Å². The average Bonchev–Trinajstić information content (AvgIpc) is 2.44. The van der Waals surface area contributed by atoms with Crippen molar-refractivity contribution in [2.75, 3.05) is 20.2 Å². The Kier molecular flexibility index (Phi) is 7.30. The molecule has 0 atom stereocenters. The first-order valence-corrected chi connectivity index (χ1v) is 7.29. The summed E-state index contributed by atoms with van der Waals surface area (Å²) in [5.74, 6) is -0.272. The Morgan fingerprint density at radius 2 is 1.89 bits per heavy atom. The highest BCUT2D eigenvalue weighted by Gasteiger charge is 2.19. The Morgan fingerprint density at radius 1 is 1.21 bits per heavy atom. The van der Waals surface area contributed by atoms with Gasteiger partial charge < -0.3 is 15.0 Å². The zero-order valence-electron chi connectivity index (χ0n) is 12.1. The Hall–Kier alpha value is -1.26. The number of nitrogens with zero attached hydrogens (tertiary/aromatic N) is 1. The predicted octanol–water partition coefficient (Wildman–Crippen LogP) is 2.30. The number of urea groups is 1. The van der Waals surface area contributed by atoms with E-state index in [0.717, 1.165) is 19.3 Å². The third kappa shape index (κ3) is 5.94. The van der Waals surface area contributed by atoms with Gasteiger partial charge in [0, 0.05) is 19.1 Å². The molecule has 0 bridgehead atoms. The fourth-order valence-corrected chi connectivity index (χ4v) is 2.43. The summed E-state index contributed by atoms with van der Waals surface area (Å²) in [5.41, 5.74) is 0. The minimum absolute atomic E-state index is 0.0438. The van der Waals surface area contributed by atoms with Crippen LogP contribution >= 0.6 is 0 Å². The van der Waals surface area contributed by atoms with E-state index >= 15 is 0 Å². The molecule has 1 N–H and O–H groups in total. The van der Waals surface area contributed by atoms with E-state index in [-0.39, 0.29) is 18.4 Å². The minimum atomic E-state index is -0.272. The van der Waals surface area contributed by atoms with Gasteiger partial charge in [0.15, 0.2) is 0 Å². The first-order chi connectivity index (χ1) is 9.17. The van der Waals surface area contributed by atoms with Gasteiger partial charge in [0.05, 0.1) is 13.5 Å². The van der Waals surface area contributed by atoms with Gasteiger partial charge in [0.25, 0.3) is 0 Å². The fraction of sp³-hybridized carbons (Fsp3) is 0.857. The molecule has 1 aliphatic rings. The van der Waals surface area contributed by atoms with E-state index in [1.165, 1.54) is 26.4 Å². The molecule has 0 spiro atoms. The second-order valence-corrected chi connectivity index (χ2v) is 5.10. The number of ether oxygens (including phenoxy) is 1. The number of hydrogen-bond donors (Lipinski definition) is 1. The molecule has 1 rings (SSSR count). The van der Waals surface area contributed by atoms with Crippen LogP contribution in [-0.2, 0) is 9.53 Å². The molecule has 0 aromatic carbocycles. The van der Waals surface area contributed by atoms with Crippen molar-refractivity contribution in [2.45, 2.75) is 57.9 Å². The van der Waals surface area contributed by atoms with Crippen molar-refractivity contribution in [3.8, 4) is 0 Å². The number of carbonyl (C=O) groups excluding carboxylic acids is 2. The molecule has 0 unspecified atom stereocenters. The molecule has 5 nitrogen and oxygen atoms in total. The Balaban J connectivity index is 2.39. The topological polar surface area (TPSA) is 58.6 Å². The largest absolute Gasteiger partial charge is 0.469 e. The van der Waals surface area contributed by atoms with Crippen LogP contribution in [0, 0.1) is 0 Å². The molecule has 0 aliphatic heterocycles. The van der Waals surface area contributed by atoms with Crippen LogP contribution in [0.1, 0.15) is 51.9 Å². The maximum Gasteiger partial charge on any atom is 0.317 e. The highest BCUT2D eigenvalue weighted by molar-refractivity contribution is 5.76. The number of hydrogen-bond acceptors (Lipinski definition) is 3. The summed E-state index contributed by atoms with van der Waals surface area (Å²) in [4.78, 5) is 25.0. The molecule has 1 saturated carbocycles. The number of methoxy groups -OCH3 is 1. The monoisotopic (exact) mass is 270 g/mol. The van der Waals surface area contributed by atoms with E-state index in [0.29, 0.717) is 19.1 Å². The summed E-state index contributed by atoms with van der Waals surface area (Å²) in [5, 5.41) is 3.08. The Bertz CT molecular complexity index is 288. The lowest BCUT2D eigenvalue weighted by atomic mass is 9.96. The van der Waals surface area contributed by atoms with Crippen LogP contribution in [0.2, 0.25) is 0 Å². The van der Waals surface area contributed by atoms with Crippen LogP contribution in [0.4, 0.5) is 4.79 Å². The lowest BCUT2D eigenvalue weighted by Gasteiger charge is -2.28. The third-order valence-electron chi connectivity index (χ3n) is 3.53. The van der Waals surface area contributed by atoms with Gasteiger partial charge in [-0.15, -0.1) is 0 Å². The summed E-state index contributed by atoms with van der Waals surface area (Å²) < 4.78 is 4.61. The quantitative estimate of drug-likeness (QED) is 0.753. The SMILES string of the molecule is CCCN(CCC(=O)OC)C(=O)NC1CCCCC1. The van der Waals surface area contributed by atoms with Gasteiger partial charge in [-0.1, -0.05) is 26.2 Å². The Morgan fingerprint density at radius 3 is 2.47 bits per heavy atom. The molecule has 0 aromatic heterocycles. The number of nitrogens with one attached hydrogen (secondary N) is 1. The summed E-state index contributed by atoms with van der Waals surface area (Å²) in [6, 6.07) is 0.261. The van der Waals surface area contributed by atoms with Crippen molar-refractivity contribution < 1.29 is 14.3 Å². The Labute approximate surface area is 115 Å². The molecule has 2 amide bonds. The molecule has 1 aliphatic carbocycles. The van der Waals surface area contributed by atoms with E-state index in [1.807, 2.05) is 6.92 Å². The van der Waals surface area contributed by atoms with Gasteiger partial charge in [-0.3, -0.25) is 4.79 Å². The minimum Gasteiger partial charge on any atom is -0.469 e. The summed E-state index contributed by atoms with van der Waals surface area (Å²) in [6.07, 6.45) is 6.95. The lowest BCUT2D eigenvalue weighted by molar-refractivity contribution is -0.140. The van der Waals surface area contributed by atoms with E-state index in [4.69, 9.17) is 0 Å². The molecule has 0 saturated heterocycles. The molecule has 5 heteroatoms. The highest BCUT2D eigenvalue weighted by atomic mass is 16.5. The van der Waals surface area contributed by atoms with Gasteiger partial charge in [0.2, 0.25) is 0 Å². The maximum absolute atomic E-state index is 12.2. The second-order valence-electron chi connectivity index (χ2n) is 5.10. The summed E-state index contributed by atoms with van der Waals surface area (Å²) >= 11 is 0. The molecule has 110 valence electrons. The second kappa shape index (κ2) is 8.77. The van der Waals surface area contributed by atoms with Crippen LogP contribution in [0.3, 0.4) is 0 Å². The zero-order valence-corrected chi connectivity index (χ0v) is 12.1. The molecule has 19 heavy (non-hydrogen) atoms. The van der Waals surface area contributed by atoms with Crippen LogP contribution in [0.25, 0.3) is 0 Å². The normalized spacial score (nSPS) is 15.9. The van der Waals surface area contributed by atoms with Crippen molar-refractivity contribution in [3.63, 3.8) is 0 Å². The number of esters is 1. The van der Waals surface area contributed by atoms with Crippen LogP contribution in [0.15, 0.2) is 0 Å². The fourth-order valence-electron chi connectivity index (χ4n) is 2.43. The van der Waals surface area contributed by atoms with E-state index in [9.17, 15) is 9.59 Å². The maximum atomic E-state index is 12.2. The lowest BCUT2D eigenvalue weighted by Crippen LogP contribution is -2.46. The average molecular weight is 270 g/mol. The van der Waals surface area contributed by atoms with Crippen molar-refractivity contribution in [2.24, 2.45) is 0 Å². The molecule has 1 fully saturated rings. The first-order valence-electron chi connectivity index (χ1n) is 7.29. The van der Waals surface area contributed by atoms with Crippen molar-refractivity contribution in [3.05, 3.63) is 0 Å².